The van der Waals surface area contributed by atoms with Gasteiger partial charge in [0.2, 0.25) is 6.79 Å². The van der Waals surface area contributed by atoms with Gasteiger partial charge in [-0.25, -0.2) is 4.98 Å². The Balaban J connectivity index is 1.13. The Morgan fingerprint density at radius 2 is 1.79 bits per heavy atom. The third-order valence-corrected chi connectivity index (χ3v) is 6.85. The van der Waals surface area contributed by atoms with Gasteiger partial charge in [0.25, 0.3) is 0 Å². The molecule has 0 saturated carbocycles. The molecule has 1 unspecified atom stereocenters. The Morgan fingerprint density at radius 1 is 1.03 bits per heavy atom. The summed E-state index contributed by atoms with van der Waals surface area (Å²) < 4.78 is 12.9. The Hall–Kier alpha value is -2.25. The number of nitrogens with zero attached hydrogens (tertiary/aromatic N) is 4. The van der Waals surface area contributed by atoms with Gasteiger partial charge < -0.3 is 28.9 Å². The maximum absolute atomic E-state index is 10.7. The van der Waals surface area contributed by atoms with Crippen LogP contribution in [0.4, 0.5) is 5.69 Å². The Labute approximate surface area is 171 Å². The van der Waals surface area contributed by atoms with Crippen molar-refractivity contribution in [2.24, 2.45) is 13.0 Å². The van der Waals surface area contributed by atoms with E-state index in [4.69, 9.17) is 9.47 Å². The van der Waals surface area contributed by atoms with Crippen LogP contribution in [0.5, 0.6) is 11.5 Å². The van der Waals surface area contributed by atoms with Crippen LogP contribution in [-0.2, 0) is 7.05 Å². The van der Waals surface area contributed by atoms with Gasteiger partial charge in [0.15, 0.2) is 11.5 Å². The lowest BCUT2D eigenvalue weighted by Crippen LogP contribution is -2.48. The van der Waals surface area contributed by atoms with Gasteiger partial charge in [-0.3, -0.25) is 0 Å². The van der Waals surface area contributed by atoms with E-state index in [0.717, 1.165) is 56.3 Å². The quantitative estimate of drug-likeness (QED) is 0.854. The van der Waals surface area contributed by atoms with Crippen LogP contribution >= 0.6 is 0 Å². The van der Waals surface area contributed by atoms with E-state index in [1.54, 1.807) is 6.20 Å². The van der Waals surface area contributed by atoms with E-state index >= 15 is 0 Å². The van der Waals surface area contributed by atoms with Crippen LogP contribution in [0.15, 0.2) is 30.6 Å². The maximum atomic E-state index is 10.7. The number of aliphatic hydroxyl groups is 1. The van der Waals surface area contributed by atoms with Crippen LogP contribution in [-0.4, -0.2) is 58.6 Å². The third kappa shape index (κ3) is 3.69. The number of ether oxygens (including phenoxy) is 2. The van der Waals surface area contributed by atoms with Crippen LogP contribution in [0.3, 0.4) is 0 Å². The highest BCUT2D eigenvalue weighted by Crippen LogP contribution is 2.37. The molecule has 2 aromatic rings. The number of imidazole rings is 1. The number of aryl methyl sites for hydroxylation is 1. The number of rotatable bonds is 4. The van der Waals surface area contributed by atoms with Crippen molar-refractivity contribution in [2.45, 2.75) is 37.8 Å². The van der Waals surface area contributed by atoms with E-state index in [9.17, 15) is 5.11 Å². The molecule has 5 rings (SSSR count). The van der Waals surface area contributed by atoms with Gasteiger partial charge in [0.05, 0.1) is 0 Å². The molecule has 7 heteroatoms. The van der Waals surface area contributed by atoms with Crippen molar-refractivity contribution >= 4 is 5.69 Å². The second-order valence-electron chi connectivity index (χ2n) is 8.47. The van der Waals surface area contributed by atoms with Crippen LogP contribution < -0.4 is 14.4 Å². The molecule has 4 heterocycles. The fraction of sp³-hybridized carbons (Fsp3) is 0.591. The van der Waals surface area contributed by atoms with Crippen molar-refractivity contribution in [3.8, 4) is 11.5 Å². The zero-order valence-corrected chi connectivity index (χ0v) is 17.0. The van der Waals surface area contributed by atoms with Crippen LogP contribution in [0.1, 0.15) is 37.6 Å². The number of benzene rings is 1. The smallest absolute Gasteiger partial charge is 0.231 e. The lowest BCUT2D eigenvalue weighted by atomic mass is 9.89. The summed E-state index contributed by atoms with van der Waals surface area (Å²) in [7, 11) is 1.95. The Bertz CT molecular complexity index is 838. The predicted molar refractivity (Wildman–Crippen MR) is 110 cm³/mol. The fourth-order valence-electron chi connectivity index (χ4n) is 5.04. The molecular weight excluding hydrogens is 368 g/mol. The molecule has 3 aliphatic heterocycles. The van der Waals surface area contributed by atoms with Crippen LogP contribution in [0.25, 0.3) is 0 Å². The molecule has 1 aromatic heterocycles. The van der Waals surface area contributed by atoms with Gasteiger partial charge in [-0.1, -0.05) is 0 Å². The minimum Gasteiger partial charge on any atom is -0.454 e. The molecule has 29 heavy (non-hydrogen) atoms. The molecule has 156 valence electrons. The molecule has 0 radical (unpaired) electrons. The summed E-state index contributed by atoms with van der Waals surface area (Å²) in [5.41, 5.74) is 1.23. The van der Waals surface area contributed by atoms with E-state index < -0.39 is 6.10 Å². The second-order valence-corrected chi connectivity index (χ2v) is 8.47. The first-order chi connectivity index (χ1) is 14.2. The first-order valence-corrected chi connectivity index (χ1v) is 10.7. The minimum atomic E-state index is -0.454. The highest BCUT2D eigenvalue weighted by molar-refractivity contribution is 5.57. The summed E-state index contributed by atoms with van der Waals surface area (Å²) in [6.45, 7) is 4.60. The number of aromatic nitrogens is 2. The van der Waals surface area contributed by atoms with Crippen LogP contribution in [0.2, 0.25) is 0 Å². The number of anilines is 1. The standard InChI is InChI=1S/C22H30N4O3/c1-24-13-8-23-22(24)21(27)16-4-9-25(10-5-16)17-6-11-26(12-7-17)18-2-3-19-20(14-18)29-15-28-19/h2-3,8,13-14,16-17,21,27H,4-7,9-12,15H2,1H3. The normalized spacial score (nSPS) is 22.2. The lowest BCUT2D eigenvalue weighted by molar-refractivity contribution is 0.0345. The monoisotopic (exact) mass is 398 g/mol. The predicted octanol–water partition coefficient (Wildman–Crippen LogP) is 2.56. The van der Waals surface area contributed by atoms with Crippen molar-refractivity contribution in [1.29, 1.82) is 0 Å². The molecule has 3 aliphatic rings. The van der Waals surface area contributed by atoms with E-state index in [1.807, 2.05) is 23.9 Å². The Kier molecular flexibility index (Phi) is 5.09. The summed E-state index contributed by atoms with van der Waals surface area (Å²) in [6.07, 6.45) is 7.66. The minimum absolute atomic E-state index is 0.307. The maximum Gasteiger partial charge on any atom is 0.231 e. The average Bonchev–Trinajstić information content (AvgIpc) is 3.41. The molecule has 1 atom stereocenters. The van der Waals surface area contributed by atoms with Gasteiger partial charge in [-0.15, -0.1) is 0 Å². The Morgan fingerprint density at radius 3 is 2.52 bits per heavy atom. The van der Waals surface area contributed by atoms with E-state index in [1.165, 1.54) is 18.5 Å². The molecule has 1 aromatic carbocycles. The number of fused-ring (bicyclic) bond motifs is 1. The average molecular weight is 399 g/mol. The first kappa shape index (κ1) is 18.8. The topological polar surface area (TPSA) is 63.0 Å². The van der Waals surface area contributed by atoms with Gasteiger partial charge in [0, 0.05) is 50.3 Å². The fourth-order valence-corrected chi connectivity index (χ4v) is 5.04. The van der Waals surface area contributed by atoms with Gasteiger partial charge in [-0.2, -0.15) is 0 Å². The van der Waals surface area contributed by atoms with E-state index in [2.05, 4.69) is 26.9 Å². The van der Waals surface area contributed by atoms with Crippen molar-refractivity contribution in [3.05, 3.63) is 36.4 Å². The van der Waals surface area contributed by atoms with Crippen LogP contribution in [0, 0.1) is 5.92 Å². The molecule has 7 nitrogen and oxygen atoms in total. The molecule has 2 fully saturated rings. The lowest BCUT2D eigenvalue weighted by Gasteiger charge is -2.43. The number of hydrogen-bond donors (Lipinski definition) is 1. The largest absolute Gasteiger partial charge is 0.454 e. The van der Waals surface area contributed by atoms with E-state index in [-0.39, 0.29) is 0 Å². The van der Waals surface area contributed by atoms with Crippen molar-refractivity contribution in [1.82, 2.24) is 14.5 Å². The molecule has 0 spiro atoms. The van der Waals surface area contributed by atoms with Gasteiger partial charge in [0.1, 0.15) is 11.9 Å². The summed E-state index contributed by atoms with van der Waals surface area (Å²) in [5.74, 6) is 2.80. The highest BCUT2D eigenvalue weighted by atomic mass is 16.7. The summed E-state index contributed by atoms with van der Waals surface area (Å²) >= 11 is 0. The zero-order chi connectivity index (χ0) is 19.8. The zero-order valence-electron chi connectivity index (χ0n) is 17.0. The molecular formula is C22H30N4O3. The summed E-state index contributed by atoms with van der Waals surface area (Å²) in [4.78, 5) is 9.43. The second kappa shape index (κ2) is 7.88. The number of likely N-dealkylation sites (tertiary alicyclic amines) is 1. The van der Waals surface area contributed by atoms with Gasteiger partial charge in [-0.05, 0) is 56.8 Å². The number of hydrogen-bond acceptors (Lipinski definition) is 6. The molecule has 1 N–H and O–H groups in total. The van der Waals surface area contributed by atoms with Gasteiger partial charge >= 0.3 is 0 Å². The van der Waals surface area contributed by atoms with Crippen molar-refractivity contribution in [3.63, 3.8) is 0 Å². The SMILES string of the molecule is Cn1ccnc1C(O)C1CCN(C2CCN(c3ccc4c(c3)OCO4)CC2)CC1. The van der Waals surface area contributed by atoms with Crippen molar-refractivity contribution in [2.75, 3.05) is 37.9 Å². The molecule has 0 amide bonds. The number of aliphatic hydroxyl groups excluding tert-OH is 1. The van der Waals surface area contributed by atoms with E-state index in [0.29, 0.717) is 18.8 Å². The molecule has 0 aliphatic carbocycles. The first-order valence-electron chi connectivity index (χ1n) is 10.7. The summed E-state index contributed by atoms with van der Waals surface area (Å²) in [5, 5.41) is 10.7. The third-order valence-electron chi connectivity index (χ3n) is 6.85. The van der Waals surface area contributed by atoms with Crippen molar-refractivity contribution < 1.29 is 14.6 Å². The number of piperidine rings is 2. The highest BCUT2D eigenvalue weighted by Gasteiger charge is 2.32. The molecule has 2 saturated heterocycles. The molecule has 0 bridgehead atoms. The summed E-state index contributed by atoms with van der Waals surface area (Å²) in [6, 6.07) is 6.90.